The number of alkyl halides is 2. The molecule has 0 atom stereocenters. The summed E-state index contributed by atoms with van der Waals surface area (Å²) >= 11 is 5.96. The molecule has 0 spiro atoms. The molecule has 20 heavy (non-hydrogen) atoms. The highest BCUT2D eigenvalue weighted by Crippen LogP contribution is 2.04. The van der Waals surface area contributed by atoms with Gasteiger partial charge in [0, 0.05) is 5.56 Å². The van der Waals surface area contributed by atoms with Gasteiger partial charge in [-0.25, -0.2) is 4.79 Å². The lowest BCUT2D eigenvalue weighted by Gasteiger charge is -1.96. The van der Waals surface area contributed by atoms with E-state index in [2.05, 4.69) is 36.6 Å². The molecule has 0 amide bonds. The van der Waals surface area contributed by atoms with Gasteiger partial charge in [-0.05, 0) is 13.8 Å². The number of benzene rings is 1. The number of hydrogen-bond acceptors (Lipinski definition) is 4. The van der Waals surface area contributed by atoms with E-state index in [-0.39, 0.29) is 17.7 Å². The zero-order chi connectivity index (χ0) is 15.5. The molecule has 0 heterocycles. The van der Waals surface area contributed by atoms with Crippen LogP contribution < -0.4 is 0 Å². The van der Waals surface area contributed by atoms with Gasteiger partial charge in [0.05, 0.1) is 17.3 Å². The third-order valence-corrected chi connectivity index (χ3v) is 3.14. The highest BCUT2D eigenvalue weighted by atomic mass is 79.9. The summed E-state index contributed by atoms with van der Waals surface area (Å²) < 4.78 is 4.38. The Hall–Kier alpha value is -1.01. The predicted octanol–water partition coefficient (Wildman–Crippen LogP) is 3.09. The molecule has 0 aliphatic heterocycles. The summed E-state index contributed by atoms with van der Waals surface area (Å²) in [6.45, 7) is 3.90. The number of ether oxygens (including phenoxy) is 1. The molecule has 1 rings (SSSR count). The topological polar surface area (TPSA) is 60.4 Å². The van der Waals surface area contributed by atoms with E-state index in [0.29, 0.717) is 5.33 Å². The number of Topliss-reactive ketones (excluding diaryl/α,β-unsaturated/α-hetero) is 2. The van der Waals surface area contributed by atoms with Crippen LogP contribution in [0.4, 0.5) is 0 Å². The van der Waals surface area contributed by atoms with Crippen LogP contribution in [0, 0.1) is 6.92 Å². The Bertz CT molecular complexity index is 455. The van der Waals surface area contributed by atoms with E-state index < -0.39 is 11.8 Å². The molecule has 0 bridgehead atoms. The fourth-order valence-electron chi connectivity index (χ4n) is 1.08. The molecule has 0 saturated heterocycles. The molecule has 0 radical (unpaired) electrons. The summed E-state index contributed by atoms with van der Waals surface area (Å²) in [7, 11) is 0. The molecular formula is C14H16Br2O4. The van der Waals surface area contributed by atoms with Crippen LogP contribution in [0.25, 0.3) is 0 Å². The van der Waals surface area contributed by atoms with Crippen molar-refractivity contribution in [3.63, 3.8) is 0 Å². The number of carbonyl (C=O) groups excluding carboxylic acids is 3. The molecular weight excluding hydrogens is 392 g/mol. The van der Waals surface area contributed by atoms with Crippen LogP contribution in [0.15, 0.2) is 24.3 Å². The third kappa shape index (κ3) is 7.55. The van der Waals surface area contributed by atoms with E-state index in [1.807, 2.05) is 31.2 Å². The molecule has 0 unspecified atom stereocenters. The van der Waals surface area contributed by atoms with Gasteiger partial charge in [0.25, 0.3) is 0 Å². The fraction of sp³-hybridized carbons (Fsp3) is 0.357. The lowest BCUT2D eigenvalue weighted by Crippen LogP contribution is -2.17. The molecule has 0 N–H and O–H groups in total. The highest BCUT2D eigenvalue weighted by molar-refractivity contribution is 9.09. The van der Waals surface area contributed by atoms with E-state index >= 15 is 0 Å². The van der Waals surface area contributed by atoms with Crippen molar-refractivity contribution in [1.82, 2.24) is 0 Å². The first-order valence-corrected chi connectivity index (χ1v) is 8.12. The van der Waals surface area contributed by atoms with Gasteiger partial charge in [-0.1, -0.05) is 61.7 Å². The second-order valence-electron chi connectivity index (χ2n) is 3.70. The van der Waals surface area contributed by atoms with E-state index in [4.69, 9.17) is 0 Å². The lowest BCUT2D eigenvalue weighted by atomic mass is 10.1. The number of hydrogen-bond donors (Lipinski definition) is 0. The van der Waals surface area contributed by atoms with E-state index in [1.54, 1.807) is 6.92 Å². The van der Waals surface area contributed by atoms with Crippen LogP contribution in [0.3, 0.4) is 0 Å². The first kappa shape index (κ1) is 19.0. The molecule has 1 aromatic carbocycles. The van der Waals surface area contributed by atoms with Crippen LogP contribution in [-0.2, 0) is 14.3 Å². The summed E-state index contributed by atoms with van der Waals surface area (Å²) in [6.07, 6.45) is 0. The van der Waals surface area contributed by atoms with Gasteiger partial charge < -0.3 is 4.74 Å². The van der Waals surface area contributed by atoms with Gasteiger partial charge in [0.15, 0.2) is 5.78 Å². The van der Waals surface area contributed by atoms with Crippen molar-refractivity contribution in [2.24, 2.45) is 0 Å². The second-order valence-corrected chi connectivity index (χ2v) is 4.82. The molecule has 0 aliphatic rings. The van der Waals surface area contributed by atoms with Crippen molar-refractivity contribution in [3.8, 4) is 0 Å². The maximum atomic E-state index is 11.1. The smallest absolute Gasteiger partial charge is 0.375 e. The average molecular weight is 408 g/mol. The lowest BCUT2D eigenvalue weighted by molar-refractivity contribution is -0.152. The summed E-state index contributed by atoms with van der Waals surface area (Å²) in [5.74, 6) is -1.18. The maximum Gasteiger partial charge on any atom is 0.375 e. The van der Waals surface area contributed by atoms with Crippen molar-refractivity contribution in [1.29, 1.82) is 0 Å². The van der Waals surface area contributed by atoms with Gasteiger partial charge in [0.2, 0.25) is 5.78 Å². The first-order valence-electron chi connectivity index (χ1n) is 5.88. The van der Waals surface area contributed by atoms with Gasteiger partial charge in [-0.3, -0.25) is 9.59 Å². The Morgan fingerprint density at radius 3 is 2.00 bits per heavy atom. The minimum atomic E-state index is -0.769. The standard InChI is InChI=1S/C9H9BrO.C5H7BrO3/c1-7-2-4-8(5-3-7)9(11)6-10;1-2-9-5(8)4(7)3-6/h2-5H,6H2,1H3;2-3H2,1H3. The molecule has 6 heteroatoms. The Morgan fingerprint density at radius 2 is 1.60 bits per heavy atom. The van der Waals surface area contributed by atoms with Crippen molar-refractivity contribution < 1.29 is 19.1 Å². The van der Waals surface area contributed by atoms with Crippen molar-refractivity contribution in [3.05, 3.63) is 35.4 Å². The summed E-state index contributed by atoms with van der Waals surface area (Å²) in [4.78, 5) is 31.8. The summed E-state index contributed by atoms with van der Waals surface area (Å²) in [6, 6.07) is 7.57. The number of ketones is 2. The van der Waals surface area contributed by atoms with Gasteiger partial charge in [-0.2, -0.15) is 0 Å². The number of halogens is 2. The second kappa shape index (κ2) is 10.7. The van der Waals surface area contributed by atoms with Crippen molar-refractivity contribution in [2.75, 3.05) is 17.3 Å². The fourth-order valence-corrected chi connectivity index (χ4v) is 1.64. The highest BCUT2D eigenvalue weighted by Gasteiger charge is 2.11. The van der Waals surface area contributed by atoms with Crippen LogP contribution in [0.5, 0.6) is 0 Å². The van der Waals surface area contributed by atoms with Gasteiger partial charge >= 0.3 is 5.97 Å². The Labute approximate surface area is 135 Å². The molecule has 4 nitrogen and oxygen atoms in total. The minimum absolute atomic E-state index is 0.0336. The summed E-state index contributed by atoms with van der Waals surface area (Å²) in [5, 5.41) is 0.432. The van der Waals surface area contributed by atoms with E-state index in [9.17, 15) is 14.4 Å². The average Bonchev–Trinajstić information content (AvgIpc) is 2.47. The van der Waals surface area contributed by atoms with Gasteiger partial charge in [-0.15, -0.1) is 0 Å². The molecule has 0 aliphatic carbocycles. The minimum Gasteiger partial charge on any atom is -0.460 e. The number of carbonyl (C=O) groups is 3. The molecule has 0 fully saturated rings. The number of esters is 1. The van der Waals surface area contributed by atoms with Crippen LogP contribution in [-0.4, -0.2) is 34.8 Å². The zero-order valence-electron chi connectivity index (χ0n) is 11.3. The van der Waals surface area contributed by atoms with Crippen LogP contribution in [0.2, 0.25) is 0 Å². The monoisotopic (exact) mass is 406 g/mol. The molecule has 1 aromatic rings. The van der Waals surface area contributed by atoms with Crippen molar-refractivity contribution >= 4 is 49.4 Å². The largest absolute Gasteiger partial charge is 0.460 e. The maximum absolute atomic E-state index is 11.1. The normalized spacial score (nSPS) is 9.20. The predicted molar refractivity (Wildman–Crippen MR) is 84.7 cm³/mol. The first-order chi connectivity index (χ1) is 9.46. The third-order valence-electron chi connectivity index (χ3n) is 2.12. The Balaban J connectivity index is 0.000000370. The molecule has 0 saturated carbocycles. The van der Waals surface area contributed by atoms with E-state index in [1.165, 1.54) is 5.56 Å². The van der Waals surface area contributed by atoms with Gasteiger partial charge in [0.1, 0.15) is 0 Å². The van der Waals surface area contributed by atoms with E-state index in [0.717, 1.165) is 5.56 Å². The Morgan fingerprint density at radius 1 is 1.05 bits per heavy atom. The number of aryl methyl sites for hydroxylation is 1. The SMILES string of the molecule is CCOC(=O)C(=O)CBr.Cc1ccc(C(=O)CBr)cc1. The molecule has 0 aromatic heterocycles. The van der Waals surface area contributed by atoms with Crippen LogP contribution >= 0.6 is 31.9 Å². The van der Waals surface area contributed by atoms with Crippen molar-refractivity contribution in [2.45, 2.75) is 13.8 Å². The quantitative estimate of drug-likeness (QED) is 0.325. The summed E-state index contributed by atoms with van der Waals surface area (Å²) in [5.41, 5.74) is 1.95. The zero-order valence-corrected chi connectivity index (χ0v) is 14.5. The number of rotatable bonds is 5. The Kier molecular flexibility index (Phi) is 10.2. The molecule has 110 valence electrons. The van der Waals surface area contributed by atoms with Crippen LogP contribution in [0.1, 0.15) is 22.8 Å².